The number of benzene rings is 1. The molecule has 0 aliphatic heterocycles. The molecule has 0 amide bonds. The van der Waals surface area contributed by atoms with Gasteiger partial charge in [-0.1, -0.05) is 23.9 Å². The molecule has 1 heterocycles. The zero-order chi connectivity index (χ0) is 17.5. The number of nitrogens with zero attached hydrogens (tertiary/aromatic N) is 2. The average Bonchev–Trinajstić information content (AvgIpc) is 3.20. The highest BCUT2D eigenvalue weighted by Crippen LogP contribution is 2.52. The van der Waals surface area contributed by atoms with Gasteiger partial charge in [0.1, 0.15) is 0 Å². The Hall–Kier alpha value is -2.64. The molecule has 126 valence electrons. The third-order valence-electron chi connectivity index (χ3n) is 4.08. The first-order valence-corrected chi connectivity index (χ1v) is 7.14. The predicted molar refractivity (Wildman–Crippen MR) is 76.2 cm³/mol. The molecule has 5 nitrogen and oxygen atoms in total. The maximum absolute atomic E-state index is 12.6. The molecule has 0 atom stereocenters. The highest BCUT2D eigenvalue weighted by atomic mass is 19.4. The van der Waals surface area contributed by atoms with E-state index in [9.17, 15) is 18.0 Å². The monoisotopic (exact) mass is 338 g/mol. The Morgan fingerprint density at radius 2 is 1.92 bits per heavy atom. The van der Waals surface area contributed by atoms with Crippen LogP contribution in [0.2, 0.25) is 0 Å². The van der Waals surface area contributed by atoms with Crippen molar-refractivity contribution in [2.45, 2.75) is 30.9 Å². The van der Waals surface area contributed by atoms with Crippen molar-refractivity contribution in [3.8, 4) is 0 Å². The summed E-state index contributed by atoms with van der Waals surface area (Å²) in [5, 5.41) is 12.7. The second kappa shape index (κ2) is 5.47. The number of carbonyl (C=O) groups is 1. The van der Waals surface area contributed by atoms with E-state index in [0.29, 0.717) is 24.2 Å². The number of rotatable bonds is 5. The van der Waals surface area contributed by atoms with Crippen LogP contribution in [0.1, 0.15) is 35.7 Å². The quantitative estimate of drug-likeness (QED) is 0.846. The molecule has 1 aromatic carbocycles. The van der Waals surface area contributed by atoms with Crippen molar-refractivity contribution in [1.29, 1.82) is 0 Å². The summed E-state index contributed by atoms with van der Waals surface area (Å²) in [7, 11) is 0. The van der Waals surface area contributed by atoms with Crippen LogP contribution >= 0.6 is 0 Å². The lowest BCUT2D eigenvalue weighted by molar-refractivity contribution is -0.137. The van der Waals surface area contributed by atoms with E-state index in [1.165, 1.54) is 12.1 Å². The molecule has 1 fully saturated rings. The molecule has 0 spiro atoms. The molecule has 8 heteroatoms. The minimum absolute atomic E-state index is 0.0780. The van der Waals surface area contributed by atoms with E-state index in [-0.39, 0.29) is 17.9 Å². The Morgan fingerprint density at radius 3 is 2.42 bits per heavy atom. The first-order chi connectivity index (χ1) is 11.2. The highest BCUT2D eigenvalue weighted by molar-refractivity contribution is 5.86. The van der Waals surface area contributed by atoms with Crippen LogP contribution < -0.4 is 0 Å². The molecule has 1 aliphatic rings. The number of halogens is 3. The summed E-state index contributed by atoms with van der Waals surface area (Å²) in [5.41, 5.74) is -0.672. The topological polar surface area (TPSA) is 76.2 Å². The van der Waals surface area contributed by atoms with E-state index >= 15 is 0 Å². The molecular weight excluding hydrogens is 325 g/mol. The van der Waals surface area contributed by atoms with E-state index in [2.05, 4.69) is 16.7 Å². The largest absolute Gasteiger partial charge is 0.478 e. The van der Waals surface area contributed by atoms with Crippen molar-refractivity contribution in [3.05, 3.63) is 59.3 Å². The molecule has 1 aromatic heterocycles. The average molecular weight is 338 g/mol. The molecule has 1 saturated carbocycles. The van der Waals surface area contributed by atoms with Crippen LogP contribution in [0.25, 0.3) is 0 Å². The van der Waals surface area contributed by atoms with E-state index in [4.69, 9.17) is 9.63 Å². The summed E-state index contributed by atoms with van der Waals surface area (Å²) in [6.45, 7) is 3.39. The van der Waals surface area contributed by atoms with E-state index in [0.717, 1.165) is 12.1 Å². The van der Waals surface area contributed by atoms with Gasteiger partial charge in [-0.05, 0) is 30.5 Å². The number of aromatic nitrogens is 2. The standard InChI is InChI=1S/C16H13F3N2O3/c1-9(13(22)23)8-12-20-14(21-24-12)15(6-7-15)10-2-4-11(5-3-10)16(17,18)19/h2-5H,1,6-8H2,(H,22,23). The molecule has 0 radical (unpaired) electrons. The van der Waals surface area contributed by atoms with Gasteiger partial charge in [-0.3, -0.25) is 0 Å². The van der Waals surface area contributed by atoms with Crippen LogP contribution in [0.4, 0.5) is 13.2 Å². The van der Waals surface area contributed by atoms with Crippen molar-refractivity contribution >= 4 is 5.97 Å². The van der Waals surface area contributed by atoms with Gasteiger partial charge in [0.05, 0.1) is 17.4 Å². The molecular formula is C16H13F3N2O3. The van der Waals surface area contributed by atoms with Gasteiger partial charge in [0.25, 0.3) is 0 Å². The third kappa shape index (κ3) is 2.91. The van der Waals surface area contributed by atoms with Gasteiger partial charge < -0.3 is 9.63 Å². The van der Waals surface area contributed by atoms with Gasteiger partial charge in [-0.2, -0.15) is 18.2 Å². The molecule has 0 saturated heterocycles. The molecule has 0 unspecified atom stereocenters. The number of carboxylic acids is 1. The number of hydrogen-bond acceptors (Lipinski definition) is 4. The Bertz CT molecular complexity index is 790. The fourth-order valence-corrected chi connectivity index (χ4v) is 2.52. The smallest absolute Gasteiger partial charge is 0.416 e. The SMILES string of the molecule is C=C(Cc1nc(C2(c3ccc(C(F)(F)F)cc3)CC2)no1)C(=O)O. The highest BCUT2D eigenvalue weighted by Gasteiger charge is 2.50. The zero-order valence-electron chi connectivity index (χ0n) is 12.4. The molecule has 2 aromatic rings. The Balaban J connectivity index is 1.83. The van der Waals surface area contributed by atoms with Gasteiger partial charge in [-0.15, -0.1) is 0 Å². The second-order valence-electron chi connectivity index (χ2n) is 5.75. The van der Waals surface area contributed by atoms with Gasteiger partial charge in [0, 0.05) is 5.57 Å². The second-order valence-corrected chi connectivity index (χ2v) is 5.75. The van der Waals surface area contributed by atoms with Gasteiger partial charge in [0.15, 0.2) is 5.82 Å². The van der Waals surface area contributed by atoms with Crippen LogP contribution in [-0.4, -0.2) is 21.2 Å². The maximum Gasteiger partial charge on any atom is 0.416 e. The third-order valence-corrected chi connectivity index (χ3v) is 4.08. The fraction of sp³-hybridized carbons (Fsp3) is 0.312. The number of carboxylic acid groups (broad SMARTS) is 1. The van der Waals surface area contributed by atoms with Crippen molar-refractivity contribution < 1.29 is 27.6 Å². The summed E-state index contributed by atoms with van der Waals surface area (Å²) in [5.74, 6) is -0.676. The summed E-state index contributed by atoms with van der Waals surface area (Å²) in [6, 6.07) is 4.90. The van der Waals surface area contributed by atoms with E-state index < -0.39 is 23.1 Å². The van der Waals surface area contributed by atoms with Crippen LogP contribution in [0.5, 0.6) is 0 Å². The summed E-state index contributed by atoms with van der Waals surface area (Å²) < 4.78 is 43.0. The summed E-state index contributed by atoms with van der Waals surface area (Å²) in [6.07, 6.45) is -3.08. The van der Waals surface area contributed by atoms with Gasteiger partial charge in [0.2, 0.25) is 5.89 Å². The van der Waals surface area contributed by atoms with Crippen molar-refractivity contribution in [1.82, 2.24) is 10.1 Å². The van der Waals surface area contributed by atoms with Crippen LogP contribution in [-0.2, 0) is 22.8 Å². The number of hydrogen-bond donors (Lipinski definition) is 1. The van der Waals surface area contributed by atoms with Gasteiger partial charge >= 0.3 is 12.1 Å². The number of aliphatic carboxylic acids is 1. The van der Waals surface area contributed by atoms with Crippen molar-refractivity contribution in [2.75, 3.05) is 0 Å². The lowest BCUT2D eigenvalue weighted by Crippen LogP contribution is -2.12. The molecule has 1 N–H and O–H groups in total. The van der Waals surface area contributed by atoms with E-state index in [1.54, 1.807) is 0 Å². The normalized spacial score (nSPS) is 16.0. The first-order valence-electron chi connectivity index (χ1n) is 7.14. The first kappa shape index (κ1) is 16.2. The lowest BCUT2D eigenvalue weighted by Gasteiger charge is -2.13. The summed E-state index contributed by atoms with van der Waals surface area (Å²) >= 11 is 0. The Morgan fingerprint density at radius 1 is 1.29 bits per heavy atom. The maximum atomic E-state index is 12.6. The van der Waals surface area contributed by atoms with E-state index in [1.807, 2.05) is 0 Å². The minimum atomic E-state index is -4.38. The zero-order valence-corrected chi connectivity index (χ0v) is 12.4. The minimum Gasteiger partial charge on any atom is -0.478 e. The molecule has 0 bridgehead atoms. The molecule has 24 heavy (non-hydrogen) atoms. The molecule has 1 aliphatic carbocycles. The number of alkyl halides is 3. The van der Waals surface area contributed by atoms with Crippen LogP contribution in [0.3, 0.4) is 0 Å². The van der Waals surface area contributed by atoms with Crippen molar-refractivity contribution in [2.24, 2.45) is 0 Å². The van der Waals surface area contributed by atoms with Crippen LogP contribution in [0, 0.1) is 0 Å². The summed E-state index contributed by atoms with van der Waals surface area (Å²) in [4.78, 5) is 15.0. The predicted octanol–water partition coefficient (Wildman–Crippen LogP) is 3.35. The fourth-order valence-electron chi connectivity index (χ4n) is 2.52. The van der Waals surface area contributed by atoms with Crippen LogP contribution in [0.15, 0.2) is 40.9 Å². The Labute approximate surface area is 134 Å². The lowest BCUT2D eigenvalue weighted by atomic mass is 9.94. The van der Waals surface area contributed by atoms with Gasteiger partial charge in [-0.25, -0.2) is 4.79 Å². The van der Waals surface area contributed by atoms with Crippen molar-refractivity contribution in [3.63, 3.8) is 0 Å². The Kier molecular flexibility index (Phi) is 3.70. The molecule has 3 rings (SSSR count).